The predicted octanol–water partition coefficient (Wildman–Crippen LogP) is 3.60. The molecule has 2 amide bonds. The minimum atomic E-state index is -1.31. The Morgan fingerprint density at radius 2 is 1.97 bits per heavy atom. The van der Waals surface area contributed by atoms with E-state index >= 15 is 0 Å². The van der Waals surface area contributed by atoms with Crippen molar-refractivity contribution in [1.82, 2.24) is 4.90 Å². The standard InChI is InChI=1S/C29H33BrN2O6/c1-4-11-31(19-10-9-17-7-5-6-8-18(17)13-19)27(35)25-29-14-21(30)24(38-29)22(28(36)37)23(29)26(34)32(25)20(15-33)12-16(2)3/h4-10,13,16,20-25,33H,1,11-12,14-15H2,2-3H3,(H,36,37)/t20-,21?,22+,23+,24+,25?,29?/m1/s1. The van der Waals surface area contributed by atoms with E-state index in [2.05, 4.69) is 22.5 Å². The van der Waals surface area contributed by atoms with E-state index in [0.717, 1.165) is 10.8 Å². The summed E-state index contributed by atoms with van der Waals surface area (Å²) in [4.78, 5) is 43.7. The van der Waals surface area contributed by atoms with Gasteiger partial charge in [0.2, 0.25) is 5.91 Å². The molecule has 1 spiro atoms. The van der Waals surface area contributed by atoms with E-state index in [9.17, 15) is 24.6 Å². The number of ether oxygens (including phenoxy) is 1. The Hall–Kier alpha value is -2.75. The highest BCUT2D eigenvalue weighted by Gasteiger charge is 2.77. The minimum absolute atomic E-state index is 0.134. The molecule has 3 fully saturated rings. The first-order chi connectivity index (χ1) is 18.1. The number of carbonyl (C=O) groups excluding carboxylic acids is 2. The average Bonchev–Trinajstić information content (AvgIpc) is 3.48. The molecule has 3 saturated heterocycles. The van der Waals surface area contributed by atoms with E-state index < -0.39 is 47.5 Å². The third-order valence-electron chi connectivity index (χ3n) is 8.22. The van der Waals surface area contributed by atoms with Crippen LogP contribution in [0.25, 0.3) is 10.8 Å². The van der Waals surface area contributed by atoms with Crippen LogP contribution in [0.2, 0.25) is 0 Å². The number of carboxylic acid groups (broad SMARTS) is 1. The molecule has 2 aromatic carbocycles. The molecule has 9 heteroatoms. The van der Waals surface area contributed by atoms with Crippen molar-refractivity contribution in [1.29, 1.82) is 0 Å². The van der Waals surface area contributed by atoms with Crippen LogP contribution in [0.5, 0.6) is 0 Å². The van der Waals surface area contributed by atoms with Gasteiger partial charge in [-0.25, -0.2) is 0 Å². The summed E-state index contributed by atoms with van der Waals surface area (Å²) in [6.45, 7) is 7.66. The number of aliphatic hydroxyl groups excluding tert-OH is 1. The number of halogens is 1. The van der Waals surface area contributed by atoms with Crippen molar-refractivity contribution in [2.75, 3.05) is 18.1 Å². The van der Waals surface area contributed by atoms with Crippen molar-refractivity contribution in [3.63, 3.8) is 0 Å². The second-order valence-corrected chi connectivity index (χ2v) is 12.2. The number of aliphatic hydroxyl groups is 1. The lowest BCUT2D eigenvalue weighted by molar-refractivity contribution is -0.151. The number of carboxylic acids is 1. The van der Waals surface area contributed by atoms with Crippen molar-refractivity contribution >= 4 is 50.2 Å². The lowest BCUT2D eigenvalue weighted by atomic mass is 9.70. The van der Waals surface area contributed by atoms with Crippen LogP contribution in [0.1, 0.15) is 26.7 Å². The van der Waals surface area contributed by atoms with Crippen LogP contribution < -0.4 is 4.90 Å². The maximum atomic E-state index is 14.6. The molecule has 0 radical (unpaired) electrons. The van der Waals surface area contributed by atoms with Crippen LogP contribution in [-0.4, -0.2) is 74.7 Å². The van der Waals surface area contributed by atoms with Crippen molar-refractivity contribution in [2.45, 2.75) is 55.3 Å². The Bertz CT molecular complexity index is 1280. The van der Waals surface area contributed by atoms with E-state index in [1.807, 2.05) is 56.3 Å². The summed E-state index contributed by atoms with van der Waals surface area (Å²) in [7, 11) is 0. The zero-order valence-corrected chi connectivity index (χ0v) is 23.1. The van der Waals surface area contributed by atoms with Crippen LogP contribution >= 0.6 is 15.9 Å². The third-order valence-corrected chi connectivity index (χ3v) is 9.06. The van der Waals surface area contributed by atoms with Gasteiger partial charge in [0, 0.05) is 17.1 Å². The van der Waals surface area contributed by atoms with Crippen LogP contribution in [0.3, 0.4) is 0 Å². The first kappa shape index (κ1) is 26.8. The summed E-state index contributed by atoms with van der Waals surface area (Å²) in [5, 5.41) is 22.5. The fraction of sp³-hybridized carbons (Fsp3) is 0.483. The van der Waals surface area contributed by atoms with Crippen molar-refractivity contribution in [2.24, 2.45) is 17.8 Å². The molecular weight excluding hydrogens is 552 g/mol. The minimum Gasteiger partial charge on any atom is -0.481 e. The first-order valence-electron chi connectivity index (χ1n) is 13.0. The van der Waals surface area contributed by atoms with Crippen molar-refractivity contribution in [3.05, 3.63) is 55.1 Å². The fourth-order valence-electron chi connectivity index (χ4n) is 6.79. The van der Waals surface area contributed by atoms with Crippen molar-refractivity contribution < 1.29 is 29.3 Å². The number of anilines is 1. The number of likely N-dealkylation sites (tertiary alicyclic amines) is 1. The SMILES string of the molecule is C=CCN(C(=O)C1N([C@@H](CO)CC(C)C)C(=O)[C@@H]2[C@H](C(=O)O)[C@H]3OC12CC3Br)c1ccc2ccccc2c1. The first-order valence-corrected chi connectivity index (χ1v) is 13.9. The van der Waals surface area contributed by atoms with Gasteiger partial charge in [-0.15, -0.1) is 6.58 Å². The smallest absolute Gasteiger partial charge is 0.310 e. The van der Waals surface area contributed by atoms with Gasteiger partial charge in [-0.2, -0.15) is 0 Å². The van der Waals surface area contributed by atoms with Crippen LogP contribution in [-0.2, 0) is 19.1 Å². The van der Waals surface area contributed by atoms with E-state index in [4.69, 9.17) is 4.74 Å². The van der Waals surface area contributed by atoms with Crippen LogP contribution in [0.15, 0.2) is 55.1 Å². The van der Waals surface area contributed by atoms with Crippen LogP contribution in [0.4, 0.5) is 5.69 Å². The van der Waals surface area contributed by atoms with E-state index in [-0.39, 0.29) is 29.8 Å². The summed E-state index contributed by atoms with van der Waals surface area (Å²) in [5.41, 5.74) is -0.667. The molecule has 3 aliphatic rings. The van der Waals surface area contributed by atoms with Gasteiger partial charge in [0.05, 0.1) is 30.6 Å². The fourth-order valence-corrected chi connectivity index (χ4v) is 7.73. The zero-order chi connectivity index (χ0) is 27.4. The summed E-state index contributed by atoms with van der Waals surface area (Å²) >= 11 is 3.58. The third kappa shape index (κ3) is 4.06. The van der Waals surface area contributed by atoms with E-state index in [1.54, 1.807) is 11.0 Å². The van der Waals surface area contributed by atoms with Gasteiger partial charge in [0.25, 0.3) is 5.91 Å². The molecule has 2 bridgehead atoms. The Morgan fingerprint density at radius 1 is 1.26 bits per heavy atom. The van der Waals surface area contributed by atoms with E-state index in [1.165, 1.54) is 4.90 Å². The zero-order valence-electron chi connectivity index (χ0n) is 21.5. The summed E-state index contributed by atoms with van der Waals surface area (Å²) in [6, 6.07) is 11.8. The molecular formula is C29H33BrN2O6. The van der Waals surface area contributed by atoms with Gasteiger partial charge < -0.3 is 24.7 Å². The number of alkyl halides is 1. The number of benzene rings is 2. The van der Waals surface area contributed by atoms with Gasteiger partial charge >= 0.3 is 5.97 Å². The largest absolute Gasteiger partial charge is 0.481 e. The Morgan fingerprint density at radius 3 is 2.61 bits per heavy atom. The normalized spacial score (nSPS) is 30.6. The number of nitrogens with zero attached hydrogens (tertiary/aromatic N) is 2. The number of hydrogen-bond acceptors (Lipinski definition) is 5. The highest BCUT2D eigenvalue weighted by molar-refractivity contribution is 9.09. The predicted molar refractivity (Wildman–Crippen MR) is 147 cm³/mol. The molecule has 5 rings (SSSR count). The van der Waals surface area contributed by atoms with Gasteiger partial charge in [-0.1, -0.05) is 66.2 Å². The number of fused-ring (bicyclic) bond motifs is 2. The van der Waals surface area contributed by atoms with Crippen LogP contribution in [0, 0.1) is 17.8 Å². The lowest BCUT2D eigenvalue weighted by Gasteiger charge is -2.39. The summed E-state index contributed by atoms with van der Waals surface area (Å²) < 4.78 is 6.39. The number of carbonyl (C=O) groups is 3. The quantitative estimate of drug-likeness (QED) is 0.344. The highest BCUT2D eigenvalue weighted by atomic mass is 79.9. The Balaban J connectivity index is 1.64. The molecule has 0 aliphatic carbocycles. The Labute approximate surface area is 230 Å². The second-order valence-electron chi connectivity index (χ2n) is 11.0. The average molecular weight is 585 g/mol. The molecule has 3 aliphatic heterocycles. The topological polar surface area (TPSA) is 107 Å². The van der Waals surface area contributed by atoms with Crippen molar-refractivity contribution in [3.8, 4) is 0 Å². The number of rotatable bonds is 9. The van der Waals surface area contributed by atoms with Gasteiger partial charge in [0.1, 0.15) is 11.6 Å². The lowest BCUT2D eigenvalue weighted by Crippen LogP contribution is -2.59. The summed E-state index contributed by atoms with van der Waals surface area (Å²) in [5.74, 6) is -3.87. The molecule has 3 heterocycles. The van der Waals surface area contributed by atoms with E-state index in [0.29, 0.717) is 18.5 Å². The Kier molecular flexibility index (Phi) is 7.13. The number of hydrogen-bond donors (Lipinski definition) is 2. The van der Waals surface area contributed by atoms with Gasteiger partial charge in [0.15, 0.2) is 0 Å². The molecule has 2 aromatic rings. The van der Waals surface area contributed by atoms with Gasteiger partial charge in [-0.05, 0) is 41.7 Å². The van der Waals surface area contributed by atoms with Gasteiger partial charge in [-0.3, -0.25) is 14.4 Å². The molecule has 38 heavy (non-hydrogen) atoms. The highest BCUT2D eigenvalue weighted by Crippen LogP contribution is 2.60. The maximum Gasteiger partial charge on any atom is 0.310 e. The molecule has 3 unspecified atom stereocenters. The monoisotopic (exact) mass is 584 g/mol. The number of aliphatic carboxylic acids is 1. The molecule has 2 N–H and O–H groups in total. The molecule has 7 atom stereocenters. The second kappa shape index (κ2) is 10.1. The molecule has 8 nitrogen and oxygen atoms in total. The molecule has 0 saturated carbocycles. The molecule has 202 valence electrons. The number of amides is 2. The maximum absolute atomic E-state index is 14.6. The summed E-state index contributed by atoms with van der Waals surface area (Å²) in [6.07, 6.45) is 1.70. The molecule has 0 aromatic heterocycles.